The molecule has 0 aliphatic rings. The van der Waals surface area contributed by atoms with Gasteiger partial charge in [0.1, 0.15) is 17.4 Å². The van der Waals surface area contributed by atoms with Crippen molar-refractivity contribution >= 4 is 5.69 Å². The molecule has 0 aliphatic carbocycles. The van der Waals surface area contributed by atoms with Gasteiger partial charge in [-0.25, -0.2) is 15.0 Å². The van der Waals surface area contributed by atoms with Crippen molar-refractivity contribution in [1.82, 2.24) is 15.0 Å². The van der Waals surface area contributed by atoms with Crippen molar-refractivity contribution in [3.05, 3.63) is 29.8 Å². The van der Waals surface area contributed by atoms with Crippen LogP contribution in [0.4, 0.5) is 5.69 Å². The molecule has 0 amide bonds. The summed E-state index contributed by atoms with van der Waals surface area (Å²) in [4.78, 5) is 13.2. The summed E-state index contributed by atoms with van der Waals surface area (Å²) in [5.41, 5.74) is 7.42. The average molecular weight is 258 g/mol. The number of hydrogen-bond acceptors (Lipinski definition) is 5. The summed E-state index contributed by atoms with van der Waals surface area (Å²) < 4.78 is 5.14. The highest BCUT2D eigenvalue weighted by atomic mass is 16.5. The summed E-state index contributed by atoms with van der Waals surface area (Å²) >= 11 is 0. The molecule has 2 N–H and O–H groups in total. The van der Waals surface area contributed by atoms with Gasteiger partial charge in [-0.2, -0.15) is 0 Å². The Bertz CT molecular complexity index is 596. The molecular weight excluding hydrogens is 240 g/mol. The van der Waals surface area contributed by atoms with Crippen LogP contribution in [0, 0.1) is 6.92 Å². The first kappa shape index (κ1) is 13.3. The molecule has 0 atom stereocenters. The van der Waals surface area contributed by atoms with E-state index in [-0.39, 0.29) is 5.92 Å². The average Bonchev–Trinajstić information content (AvgIpc) is 2.37. The zero-order chi connectivity index (χ0) is 14.0. The standard InChI is InChI=1S/C14H18N4O/c1-8(2)13-16-9(3)17-14(18-13)11-6-5-10(19-4)7-12(11)15/h5-8H,15H2,1-4H3. The minimum absolute atomic E-state index is 0.250. The third-order valence-corrected chi connectivity index (χ3v) is 2.78. The number of aromatic nitrogens is 3. The predicted octanol–water partition coefficient (Wildman–Crippen LogP) is 2.56. The van der Waals surface area contributed by atoms with Gasteiger partial charge >= 0.3 is 0 Å². The molecule has 0 spiro atoms. The van der Waals surface area contributed by atoms with Crippen molar-refractivity contribution in [2.45, 2.75) is 26.7 Å². The second-order valence-electron chi connectivity index (χ2n) is 4.67. The Labute approximate surface area is 112 Å². The molecule has 0 aliphatic heterocycles. The van der Waals surface area contributed by atoms with E-state index in [0.29, 0.717) is 17.3 Å². The summed E-state index contributed by atoms with van der Waals surface area (Å²) in [7, 11) is 1.61. The van der Waals surface area contributed by atoms with Crippen LogP contribution < -0.4 is 10.5 Å². The fraction of sp³-hybridized carbons (Fsp3) is 0.357. The van der Waals surface area contributed by atoms with E-state index in [0.717, 1.165) is 17.1 Å². The normalized spacial score (nSPS) is 10.8. The molecule has 1 aromatic heterocycles. The molecule has 5 nitrogen and oxygen atoms in total. The molecule has 2 aromatic rings. The molecular formula is C14H18N4O. The van der Waals surface area contributed by atoms with Crippen LogP contribution in [0.3, 0.4) is 0 Å². The van der Waals surface area contributed by atoms with E-state index in [4.69, 9.17) is 10.5 Å². The smallest absolute Gasteiger partial charge is 0.165 e. The van der Waals surface area contributed by atoms with Crippen LogP contribution in [0.1, 0.15) is 31.4 Å². The Morgan fingerprint density at radius 1 is 1.16 bits per heavy atom. The summed E-state index contributed by atoms with van der Waals surface area (Å²) in [6.07, 6.45) is 0. The number of nitrogens with two attached hydrogens (primary N) is 1. The fourth-order valence-corrected chi connectivity index (χ4v) is 1.75. The third-order valence-electron chi connectivity index (χ3n) is 2.78. The Hall–Kier alpha value is -2.17. The van der Waals surface area contributed by atoms with Crippen LogP contribution in [0.25, 0.3) is 11.4 Å². The van der Waals surface area contributed by atoms with Crippen molar-refractivity contribution in [2.75, 3.05) is 12.8 Å². The predicted molar refractivity (Wildman–Crippen MR) is 75.1 cm³/mol. The number of rotatable bonds is 3. The Kier molecular flexibility index (Phi) is 3.64. The number of methoxy groups -OCH3 is 1. The largest absolute Gasteiger partial charge is 0.497 e. The number of ether oxygens (including phenoxy) is 1. The van der Waals surface area contributed by atoms with Gasteiger partial charge in [-0.3, -0.25) is 0 Å². The zero-order valence-electron chi connectivity index (χ0n) is 11.6. The molecule has 2 rings (SSSR count). The van der Waals surface area contributed by atoms with E-state index < -0.39 is 0 Å². The highest BCUT2D eigenvalue weighted by Crippen LogP contribution is 2.27. The van der Waals surface area contributed by atoms with Crippen molar-refractivity contribution in [3.8, 4) is 17.1 Å². The topological polar surface area (TPSA) is 73.9 Å². The molecule has 1 heterocycles. The number of nitrogen functional groups attached to an aromatic ring is 1. The maximum Gasteiger partial charge on any atom is 0.165 e. The van der Waals surface area contributed by atoms with E-state index in [1.165, 1.54) is 0 Å². The molecule has 0 radical (unpaired) electrons. The van der Waals surface area contributed by atoms with E-state index in [2.05, 4.69) is 28.8 Å². The van der Waals surface area contributed by atoms with Crippen molar-refractivity contribution in [3.63, 3.8) is 0 Å². The first-order chi connectivity index (χ1) is 9.01. The van der Waals surface area contributed by atoms with Crippen molar-refractivity contribution in [1.29, 1.82) is 0 Å². The number of anilines is 1. The monoisotopic (exact) mass is 258 g/mol. The Morgan fingerprint density at radius 3 is 2.47 bits per heavy atom. The minimum atomic E-state index is 0.250. The van der Waals surface area contributed by atoms with Crippen molar-refractivity contribution in [2.24, 2.45) is 0 Å². The quantitative estimate of drug-likeness (QED) is 0.856. The van der Waals surface area contributed by atoms with Gasteiger partial charge < -0.3 is 10.5 Å². The number of nitrogens with zero attached hydrogens (tertiary/aromatic N) is 3. The summed E-state index contributed by atoms with van der Waals surface area (Å²) in [5, 5.41) is 0. The van der Waals surface area contributed by atoms with Gasteiger partial charge in [0.2, 0.25) is 0 Å². The lowest BCUT2D eigenvalue weighted by molar-refractivity contribution is 0.415. The summed E-state index contributed by atoms with van der Waals surface area (Å²) in [5.74, 6) is 3.05. The fourth-order valence-electron chi connectivity index (χ4n) is 1.75. The molecule has 100 valence electrons. The van der Waals surface area contributed by atoms with Crippen LogP contribution >= 0.6 is 0 Å². The van der Waals surface area contributed by atoms with Crippen LogP contribution in [0.15, 0.2) is 18.2 Å². The lowest BCUT2D eigenvalue weighted by Crippen LogP contribution is -2.05. The molecule has 0 bridgehead atoms. The molecule has 1 aromatic carbocycles. The molecule has 0 saturated carbocycles. The van der Waals surface area contributed by atoms with Gasteiger partial charge in [-0.15, -0.1) is 0 Å². The van der Waals surface area contributed by atoms with Crippen LogP contribution in [0.5, 0.6) is 5.75 Å². The molecule has 19 heavy (non-hydrogen) atoms. The lowest BCUT2D eigenvalue weighted by Gasteiger charge is -2.10. The maximum atomic E-state index is 6.02. The highest BCUT2D eigenvalue weighted by Gasteiger charge is 2.12. The van der Waals surface area contributed by atoms with Crippen molar-refractivity contribution < 1.29 is 4.74 Å². The molecule has 5 heteroatoms. The van der Waals surface area contributed by atoms with E-state index in [9.17, 15) is 0 Å². The second-order valence-corrected chi connectivity index (χ2v) is 4.67. The lowest BCUT2D eigenvalue weighted by atomic mass is 10.1. The van der Waals surface area contributed by atoms with Gasteiger partial charge in [0, 0.05) is 23.2 Å². The molecule has 0 saturated heterocycles. The summed E-state index contributed by atoms with van der Waals surface area (Å²) in [6.45, 7) is 5.96. The van der Waals surface area contributed by atoms with Crippen LogP contribution in [0.2, 0.25) is 0 Å². The highest BCUT2D eigenvalue weighted by molar-refractivity contribution is 5.72. The molecule has 0 unspecified atom stereocenters. The van der Waals surface area contributed by atoms with E-state index >= 15 is 0 Å². The minimum Gasteiger partial charge on any atom is -0.497 e. The van der Waals surface area contributed by atoms with Gasteiger partial charge in [-0.1, -0.05) is 13.8 Å². The second kappa shape index (κ2) is 5.22. The Balaban J connectivity index is 2.52. The zero-order valence-corrected chi connectivity index (χ0v) is 11.6. The number of benzene rings is 1. The Morgan fingerprint density at radius 2 is 1.89 bits per heavy atom. The van der Waals surface area contributed by atoms with Gasteiger partial charge in [0.25, 0.3) is 0 Å². The third kappa shape index (κ3) is 2.81. The first-order valence-corrected chi connectivity index (χ1v) is 6.17. The van der Waals surface area contributed by atoms with Crippen LogP contribution in [-0.4, -0.2) is 22.1 Å². The number of aryl methyl sites for hydroxylation is 1. The van der Waals surface area contributed by atoms with Gasteiger partial charge in [0.05, 0.1) is 7.11 Å². The first-order valence-electron chi connectivity index (χ1n) is 6.17. The summed E-state index contributed by atoms with van der Waals surface area (Å²) in [6, 6.07) is 5.48. The maximum absolute atomic E-state index is 6.02. The van der Waals surface area contributed by atoms with Gasteiger partial charge in [-0.05, 0) is 19.1 Å². The van der Waals surface area contributed by atoms with Gasteiger partial charge in [0.15, 0.2) is 5.82 Å². The van der Waals surface area contributed by atoms with E-state index in [1.807, 2.05) is 19.1 Å². The SMILES string of the molecule is COc1ccc(-c2nc(C)nc(C(C)C)n2)c(N)c1. The van der Waals surface area contributed by atoms with E-state index in [1.54, 1.807) is 13.2 Å². The van der Waals surface area contributed by atoms with Crippen LogP contribution in [-0.2, 0) is 0 Å². The molecule has 0 fully saturated rings. The number of hydrogen-bond donors (Lipinski definition) is 1.